The summed E-state index contributed by atoms with van der Waals surface area (Å²) in [6, 6.07) is 13.6. The summed E-state index contributed by atoms with van der Waals surface area (Å²) in [7, 11) is -3.78. The Bertz CT molecular complexity index is 1200. The topological polar surface area (TPSA) is 86.8 Å². The van der Waals surface area contributed by atoms with Gasteiger partial charge in [0.1, 0.15) is 12.6 Å². The Hall–Kier alpha value is -2.58. The number of amides is 2. The van der Waals surface area contributed by atoms with Crippen LogP contribution in [0.5, 0.6) is 0 Å². The summed E-state index contributed by atoms with van der Waals surface area (Å²) in [5.41, 5.74) is 2.02. The summed E-state index contributed by atoms with van der Waals surface area (Å²) >= 11 is 6.38. The molecular formula is C28H38ClN3O4S. The lowest BCUT2D eigenvalue weighted by atomic mass is 9.87. The van der Waals surface area contributed by atoms with Crippen LogP contribution in [0.15, 0.2) is 48.5 Å². The number of nitrogens with zero attached hydrogens (tertiary/aromatic N) is 2. The van der Waals surface area contributed by atoms with E-state index in [-0.39, 0.29) is 23.9 Å². The van der Waals surface area contributed by atoms with Crippen molar-refractivity contribution >= 4 is 39.1 Å². The highest BCUT2D eigenvalue weighted by molar-refractivity contribution is 7.92. The maximum atomic E-state index is 13.7. The van der Waals surface area contributed by atoms with Crippen LogP contribution in [0.4, 0.5) is 5.69 Å². The predicted octanol–water partition coefficient (Wildman–Crippen LogP) is 4.88. The number of hydrogen-bond donors (Lipinski definition) is 1. The highest BCUT2D eigenvalue weighted by atomic mass is 35.5. The fourth-order valence-corrected chi connectivity index (χ4v) is 5.57. The van der Waals surface area contributed by atoms with Crippen molar-refractivity contribution in [3.8, 4) is 0 Å². The van der Waals surface area contributed by atoms with Gasteiger partial charge >= 0.3 is 0 Å². The standard InChI is InChI=1S/C28H38ClN3O4S/c1-20(27(34)30-23-11-7-8-12-23)31(18-21-10-6-9-13-25(21)29)26(33)19-32(37(5,35)36)24-16-14-22(15-17-24)28(2,3)4/h6,9-10,13-17,20,23H,7-8,11-12,18-19H2,1-5H3,(H,30,34)/t20-/m0/s1. The number of carbonyl (C=O) groups is 2. The Morgan fingerprint density at radius 2 is 1.65 bits per heavy atom. The van der Waals surface area contributed by atoms with Gasteiger partial charge < -0.3 is 10.2 Å². The van der Waals surface area contributed by atoms with Crippen LogP contribution in [0.2, 0.25) is 5.02 Å². The Labute approximate surface area is 226 Å². The summed E-state index contributed by atoms with van der Waals surface area (Å²) in [5, 5.41) is 3.53. The Morgan fingerprint density at radius 1 is 1.05 bits per heavy atom. The van der Waals surface area contributed by atoms with Gasteiger partial charge in [-0.2, -0.15) is 0 Å². The van der Waals surface area contributed by atoms with E-state index in [0.717, 1.165) is 41.8 Å². The molecule has 1 saturated carbocycles. The van der Waals surface area contributed by atoms with Crippen molar-refractivity contribution in [1.29, 1.82) is 0 Å². The van der Waals surface area contributed by atoms with Crippen LogP contribution in [0, 0.1) is 0 Å². The van der Waals surface area contributed by atoms with E-state index in [4.69, 9.17) is 11.6 Å². The molecule has 202 valence electrons. The fourth-order valence-electron chi connectivity index (χ4n) is 4.53. The number of anilines is 1. The fraction of sp³-hybridized carbons (Fsp3) is 0.500. The van der Waals surface area contributed by atoms with Crippen molar-refractivity contribution in [2.45, 2.75) is 77.4 Å². The normalized spacial score (nSPS) is 15.3. The molecule has 9 heteroatoms. The SMILES string of the molecule is C[C@@H](C(=O)NC1CCCC1)N(Cc1ccccc1Cl)C(=O)CN(c1ccc(C(C)(C)C)cc1)S(C)(=O)=O. The van der Waals surface area contributed by atoms with E-state index in [1.165, 1.54) is 4.90 Å². The smallest absolute Gasteiger partial charge is 0.244 e. The molecular weight excluding hydrogens is 510 g/mol. The lowest BCUT2D eigenvalue weighted by Crippen LogP contribution is -2.52. The Balaban J connectivity index is 1.89. The van der Waals surface area contributed by atoms with Crippen LogP contribution in [0.25, 0.3) is 0 Å². The van der Waals surface area contributed by atoms with Crippen molar-refractivity contribution in [3.63, 3.8) is 0 Å². The van der Waals surface area contributed by atoms with Gasteiger partial charge in [-0.1, -0.05) is 75.5 Å². The zero-order valence-corrected chi connectivity index (χ0v) is 23.9. The molecule has 0 spiro atoms. The van der Waals surface area contributed by atoms with Crippen molar-refractivity contribution in [1.82, 2.24) is 10.2 Å². The van der Waals surface area contributed by atoms with Gasteiger partial charge in [-0.15, -0.1) is 0 Å². The number of carbonyl (C=O) groups excluding carboxylic acids is 2. The molecule has 1 aliphatic rings. The minimum absolute atomic E-state index is 0.0817. The van der Waals surface area contributed by atoms with Crippen molar-refractivity contribution < 1.29 is 18.0 Å². The zero-order valence-electron chi connectivity index (χ0n) is 22.3. The molecule has 0 aliphatic heterocycles. The van der Waals surface area contributed by atoms with Crippen LogP contribution < -0.4 is 9.62 Å². The number of benzene rings is 2. The second kappa shape index (κ2) is 11.9. The van der Waals surface area contributed by atoms with E-state index in [0.29, 0.717) is 16.3 Å². The lowest BCUT2D eigenvalue weighted by molar-refractivity contribution is -0.139. The largest absolute Gasteiger partial charge is 0.352 e. The van der Waals surface area contributed by atoms with Crippen LogP contribution in [-0.2, 0) is 31.6 Å². The van der Waals surface area contributed by atoms with Gasteiger partial charge in [-0.3, -0.25) is 13.9 Å². The van der Waals surface area contributed by atoms with E-state index < -0.39 is 28.5 Å². The maximum Gasteiger partial charge on any atom is 0.244 e. The predicted molar refractivity (Wildman–Crippen MR) is 149 cm³/mol. The molecule has 0 radical (unpaired) electrons. The minimum Gasteiger partial charge on any atom is -0.352 e. The third-order valence-corrected chi connectivity index (χ3v) is 8.38. The van der Waals surface area contributed by atoms with Crippen LogP contribution in [0.1, 0.15) is 64.5 Å². The summed E-state index contributed by atoms with van der Waals surface area (Å²) in [6.07, 6.45) is 5.05. The molecule has 0 bridgehead atoms. The van der Waals surface area contributed by atoms with Crippen LogP contribution in [0.3, 0.4) is 0 Å². The van der Waals surface area contributed by atoms with Crippen molar-refractivity contribution in [2.24, 2.45) is 0 Å². The van der Waals surface area contributed by atoms with Gasteiger partial charge in [0.15, 0.2) is 0 Å². The van der Waals surface area contributed by atoms with E-state index in [1.807, 2.05) is 18.2 Å². The summed E-state index contributed by atoms with van der Waals surface area (Å²) in [5.74, 6) is -0.743. The summed E-state index contributed by atoms with van der Waals surface area (Å²) < 4.78 is 26.6. The number of nitrogens with one attached hydrogen (secondary N) is 1. The van der Waals surface area contributed by atoms with E-state index >= 15 is 0 Å². The van der Waals surface area contributed by atoms with Gasteiger partial charge in [-0.05, 0) is 54.5 Å². The molecule has 0 heterocycles. The molecule has 1 fully saturated rings. The Kier molecular flexibility index (Phi) is 9.29. The van der Waals surface area contributed by atoms with Gasteiger partial charge in [0.05, 0.1) is 11.9 Å². The van der Waals surface area contributed by atoms with Gasteiger partial charge in [0, 0.05) is 17.6 Å². The molecule has 1 atom stereocenters. The van der Waals surface area contributed by atoms with Crippen molar-refractivity contribution in [3.05, 3.63) is 64.7 Å². The third kappa shape index (κ3) is 7.71. The molecule has 2 aromatic carbocycles. The lowest BCUT2D eigenvalue weighted by Gasteiger charge is -2.32. The van der Waals surface area contributed by atoms with Gasteiger partial charge in [0.2, 0.25) is 21.8 Å². The van der Waals surface area contributed by atoms with Crippen molar-refractivity contribution in [2.75, 3.05) is 17.1 Å². The second-order valence-corrected chi connectivity index (χ2v) is 13.2. The molecule has 0 aromatic heterocycles. The first-order valence-electron chi connectivity index (χ1n) is 12.7. The summed E-state index contributed by atoms with van der Waals surface area (Å²) in [6.45, 7) is 7.54. The maximum absolute atomic E-state index is 13.7. The number of halogens is 1. The quantitative estimate of drug-likeness (QED) is 0.485. The van der Waals surface area contributed by atoms with Gasteiger partial charge in [-0.25, -0.2) is 8.42 Å². The minimum atomic E-state index is -3.78. The van der Waals surface area contributed by atoms with Crippen LogP contribution in [-0.4, -0.2) is 50.0 Å². The first kappa shape index (κ1) is 29.0. The number of hydrogen-bond acceptors (Lipinski definition) is 4. The second-order valence-electron chi connectivity index (χ2n) is 10.8. The first-order chi connectivity index (χ1) is 17.3. The molecule has 7 nitrogen and oxygen atoms in total. The summed E-state index contributed by atoms with van der Waals surface area (Å²) in [4.78, 5) is 28.2. The molecule has 3 rings (SSSR count). The number of rotatable bonds is 9. The van der Waals surface area contributed by atoms with E-state index in [2.05, 4.69) is 26.1 Å². The molecule has 2 aromatic rings. The first-order valence-corrected chi connectivity index (χ1v) is 14.9. The zero-order chi connectivity index (χ0) is 27.4. The molecule has 0 saturated heterocycles. The van der Waals surface area contributed by atoms with E-state index in [1.54, 1.807) is 37.3 Å². The van der Waals surface area contributed by atoms with Crippen LogP contribution >= 0.6 is 11.6 Å². The molecule has 0 unspecified atom stereocenters. The molecule has 1 aliphatic carbocycles. The average molecular weight is 548 g/mol. The average Bonchev–Trinajstić information content (AvgIpc) is 3.33. The number of sulfonamides is 1. The third-order valence-electron chi connectivity index (χ3n) is 6.87. The highest BCUT2D eigenvalue weighted by Crippen LogP contribution is 2.27. The van der Waals surface area contributed by atoms with E-state index in [9.17, 15) is 18.0 Å². The monoisotopic (exact) mass is 547 g/mol. The van der Waals surface area contributed by atoms with Gasteiger partial charge in [0.25, 0.3) is 0 Å². The molecule has 2 amide bonds. The Morgan fingerprint density at radius 3 is 2.19 bits per heavy atom. The molecule has 37 heavy (non-hydrogen) atoms. The molecule has 1 N–H and O–H groups in total. The highest BCUT2D eigenvalue weighted by Gasteiger charge is 2.31.